The Kier molecular flexibility index (Phi) is 8.40. The Morgan fingerprint density at radius 2 is 1.71 bits per heavy atom. The third-order valence-electron chi connectivity index (χ3n) is 4.15. The average Bonchev–Trinajstić information content (AvgIpc) is 2.53. The number of anilines is 1. The molecule has 1 atom stereocenters. The van der Waals surface area contributed by atoms with Crippen molar-refractivity contribution >= 4 is 5.69 Å². The Balaban J connectivity index is 2.82. The van der Waals surface area contributed by atoms with Gasteiger partial charge in [-0.2, -0.15) is 0 Å². The highest BCUT2D eigenvalue weighted by molar-refractivity contribution is 5.49. The van der Waals surface area contributed by atoms with E-state index in [4.69, 9.17) is 0 Å². The van der Waals surface area contributed by atoms with Crippen molar-refractivity contribution in [3.05, 3.63) is 29.8 Å². The van der Waals surface area contributed by atoms with Crippen LogP contribution in [0.4, 0.5) is 5.69 Å². The van der Waals surface area contributed by atoms with Gasteiger partial charge in [-0.05, 0) is 50.4 Å². The Hall–Kier alpha value is -1.06. The van der Waals surface area contributed by atoms with E-state index in [0.29, 0.717) is 18.6 Å². The monoisotopic (exact) mass is 292 g/mol. The van der Waals surface area contributed by atoms with E-state index in [-0.39, 0.29) is 6.61 Å². The molecule has 0 aliphatic rings. The maximum absolute atomic E-state index is 9.33. The first-order valence-electron chi connectivity index (χ1n) is 8.38. The Morgan fingerprint density at radius 1 is 1.10 bits per heavy atom. The predicted molar refractivity (Wildman–Crippen MR) is 92.0 cm³/mol. The molecule has 3 nitrogen and oxygen atoms in total. The van der Waals surface area contributed by atoms with E-state index in [9.17, 15) is 5.11 Å². The van der Waals surface area contributed by atoms with Gasteiger partial charge >= 0.3 is 0 Å². The second-order valence-corrected chi connectivity index (χ2v) is 5.65. The van der Waals surface area contributed by atoms with E-state index in [2.05, 4.69) is 62.2 Å². The first kappa shape index (κ1) is 18.0. The largest absolute Gasteiger partial charge is 0.395 e. The first-order chi connectivity index (χ1) is 10.2. The fraction of sp³-hybridized carbons (Fsp3) is 0.667. The van der Waals surface area contributed by atoms with Crippen LogP contribution < -0.4 is 10.2 Å². The Bertz CT molecular complexity index is 373. The molecule has 1 rings (SSSR count). The van der Waals surface area contributed by atoms with Gasteiger partial charge in [-0.15, -0.1) is 0 Å². The van der Waals surface area contributed by atoms with Gasteiger partial charge in [0.25, 0.3) is 0 Å². The Morgan fingerprint density at radius 3 is 2.19 bits per heavy atom. The molecule has 0 aromatic heterocycles. The molecule has 2 N–H and O–H groups in total. The summed E-state index contributed by atoms with van der Waals surface area (Å²) in [7, 11) is 0. The fourth-order valence-electron chi connectivity index (χ4n) is 2.79. The second-order valence-electron chi connectivity index (χ2n) is 5.65. The van der Waals surface area contributed by atoms with E-state index >= 15 is 0 Å². The van der Waals surface area contributed by atoms with Crippen LogP contribution >= 0.6 is 0 Å². The van der Waals surface area contributed by atoms with Gasteiger partial charge in [0.15, 0.2) is 0 Å². The van der Waals surface area contributed by atoms with E-state index < -0.39 is 0 Å². The summed E-state index contributed by atoms with van der Waals surface area (Å²) in [6.45, 7) is 10.8. The smallest absolute Gasteiger partial charge is 0.0606 e. The molecule has 0 spiro atoms. The highest BCUT2D eigenvalue weighted by atomic mass is 16.3. The highest BCUT2D eigenvalue weighted by Crippen LogP contribution is 2.23. The summed E-state index contributed by atoms with van der Waals surface area (Å²) >= 11 is 0. The minimum absolute atomic E-state index is 0.201. The number of hydrogen-bond donors (Lipinski definition) is 2. The van der Waals surface area contributed by atoms with E-state index in [0.717, 1.165) is 25.8 Å². The molecule has 0 radical (unpaired) electrons. The van der Waals surface area contributed by atoms with Crippen molar-refractivity contribution in [2.45, 2.75) is 59.0 Å². The molecule has 0 aliphatic heterocycles. The van der Waals surface area contributed by atoms with Crippen LogP contribution in [0.15, 0.2) is 24.3 Å². The number of benzene rings is 1. The van der Waals surface area contributed by atoms with Crippen LogP contribution in [0.3, 0.4) is 0 Å². The number of hydrogen-bond acceptors (Lipinski definition) is 3. The molecule has 1 unspecified atom stereocenters. The van der Waals surface area contributed by atoms with Crippen molar-refractivity contribution in [3.8, 4) is 0 Å². The van der Waals surface area contributed by atoms with Crippen LogP contribution in [0, 0.1) is 0 Å². The third kappa shape index (κ3) is 5.33. The zero-order chi connectivity index (χ0) is 15.7. The summed E-state index contributed by atoms with van der Waals surface area (Å²) in [4.78, 5) is 2.33. The number of nitrogens with zero attached hydrogens (tertiary/aromatic N) is 1. The Labute approximate surface area is 130 Å². The summed E-state index contributed by atoms with van der Waals surface area (Å²) < 4.78 is 0. The van der Waals surface area contributed by atoms with Crippen molar-refractivity contribution in [1.29, 1.82) is 0 Å². The van der Waals surface area contributed by atoms with Crippen LogP contribution in [0.5, 0.6) is 0 Å². The summed E-state index contributed by atoms with van der Waals surface area (Å²) in [6.07, 6.45) is 3.36. The van der Waals surface area contributed by atoms with Crippen LogP contribution in [0.25, 0.3) is 0 Å². The maximum atomic E-state index is 9.33. The van der Waals surface area contributed by atoms with Gasteiger partial charge < -0.3 is 15.3 Å². The van der Waals surface area contributed by atoms with Gasteiger partial charge in [0.05, 0.1) is 6.61 Å². The summed E-state index contributed by atoms with van der Waals surface area (Å²) in [5.74, 6) is 0. The van der Waals surface area contributed by atoms with Gasteiger partial charge in [-0.3, -0.25) is 0 Å². The molecule has 120 valence electrons. The van der Waals surface area contributed by atoms with Crippen molar-refractivity contribution < 1.29 is 5.11 Å². The van der Waals surface area contributed by atoms with Crippen LogP contribution in [-0.4, -0.2) is 30.8 Å². The number of nitrogens with one attached hydrogen (secondary N) is 1. The van der Waals surface area contributed by atoms with Crippen molar-refractivity contribution in [2.75, 3.05) is 24.6 Å². The first-order valence-corrected chi connectivity index (χ1v) is 8.38. The molecular weight excluding hydrogens is 260 g/mol. The third-order valence-corrected chi connectivity index (χ3v) is 4.15. The lowest BCUT2D eigenvalue weighted by Crippen LogP contribution is -2.36. The molecular formula is C18H32N2O. The molecule has 0 bridgehead atoms. The molecule has 0 amide bonds. The summed E-state index contributed by atoms with van der Waals surface area (Å²) in [5.41, 5.74) is 2.53. The molecule has 0 saturated carbocycles. The molecule has 1 aromatic rings. The topological polar surface area (TPSA) is 35.5 Å². The molecule has 0 fully saturated rings. The predicted octanol–water partition coefficient (Wildman–Crippen LogP) is 3.73. The molecule has 0 heterocycles. The lowest BCUT2D eigenvalue weighted by atomic mass is 10.1. The number of aliphatic hydroxyl groups is 1. The lowest BCUT2D eigenvalue weighted by molar-refractivity contribution is 0.296. The minimum Gasteiger partial charge on any atom is -0.395 e. The van der Waals surface area contributed by atoms with Crippen LogP contribution in [-0.2, 0) is 0 Å². The molecule has 1 aromatic carbocycles. The highest BCUT2D eigenvalue weighted by Gasteiger charge is 2.15. The summed E-state index contributed by atoms with van der Waals surface area (Å²) in [6, 6.07) is 9.67. The molecule has 0 aliphatic carbocycles. The van der Waals surface area contributed by atoms with Gasteiger partial charge in [0, 0.05) is 24.3 Å². The molecule has 0 saturated heterocycles. The number of aliphatic hydroxyl groups excluding tert-OH is 1. The quantitative estimate of drug-likeness (QED) is 0.689. The van der Waals surface area contributed by atoms with E-state index in [1.54, 1.807) is 0 Å². The van der Waals surface area contributed by atoms with Crippen molar-refractivity contribution in [2.24, 2.45) is 0 Å². The molecule has 3 heteroatoms. The van der Waals surface area contributed by atoms with Gasteiger partial charge in [0.1, 0.15) is 0 Å². The second kappa shape index (κ2) is 9.80. The zero-order valence-electron chi connectivity index (χ0n) is 14.1. The zero-order valence-corrected chi connectivity index (χ0v) is 14.1. The summed E-state index contributed by atoms with van der Waals surface area (Å²) in [5, 5.41) is 12.8. The van der Waals surface area contributed by atoms with Crippen LogP contribution in [0.1, 0.15) is 58.6 Å². The van der Waals surface area contributed by atoms with E-state index in [1.165, 1.54) is 11.3 Å². The molecule has 21 heavy (non-hydrogen) atoms. The normalized spacial score (nSPS) is 12.7. The standard InChI is InChI=1S/C18H32N2O/c1-5-12-19-15(4)16-8-10-18(11-9-16)20(13-14-21)17(6-2)7-3/h8-11,15,17,19,21H,5-7,12-14H2,1-4H3. The van der Waals surface area contributed by atoms with Gasteiger partial charge in [-0.1, -0.05) is 32.9 Å². The van der Waals surface area contributed by atoms with E-state index in [1.807, 2.05) is 0 Å². The van der Waals surface area contributed by atoms with Gasteiger partial charge in [-0.25, -0.2) is 0 Å². The lowest BCUT2D eigenvalue weighted by Gasteiger charge is -2.32. The van der Waals surface area contributed by atoms with Crippen molar-refractivity contribution in [3.63, 3.8) is 0 Å². The maximum Gasteiger partial charge on any atom is 0.0606 e. The van der Waals surface area contributed by atoms with Gasteiger partial charge in [0.2, 0.25) is 0 Å². The fourth-order valence-corrected chi connectivity index (χ4v) is 2.79. The average molecular weight is 292 g/mol. The van der Waals surface area contributed by atoms with Crippen molar-refractivity contribution in [1.82, 2.24) is 5.32 Å². The minimum atomic E-state index is 0.201. The number of rotatable bonds is 10. The SMILES string of the molecule is CCCNC(C)c1ccc(N(CCO)C(CC)CC)cc1. The van der Waals surface area contributed by atoms with Crippen LogP contribution in [0.2, 0.25) is 0 Å².